The van der Waals surface area contributed by atoms with Crippen molar-refractivity contribution in [1.82, 2.24) is 10.3 Å². The first kappa shape index (κ1) is 19.2. The predicted octanol–water partition coefficient (Wildman–Crippen LogP) is 2.91. The number of esters is 1. The van der Waals surface area contributed by atoms with Crippen LogP contribution in [0.25, 0.3) is 10.9 Å². The van der Waals surface area contributed by atoms with E-state index in [0.29, 0.717) is 17.3 Å². The van der Waals surface area contributed by atoms with Crippen LogP contribution in [0.3, 0.4) is 0 Å². The molecule has 3 rings (SSSR count). The van der Waals surface area contributed by atoms with Crippen LogP contribution in [-0.2, 0) is 9.53 Å². The van der Waals surface area contributed by atoms with Gasteiger partial charge in [-0.3, -0.25) is 14.4 Å². The molecule has 6 nitrogen and oxygen atoms in total. The fraction of sp³-hybridized carbons (Fsp3) is 0.150. The fourth-order valence-corrected chi connectivity index (χ4v) is 2.83. The molecule has 0 fully saturated rings. The summed E-state index contributed by atoms with van der Waals surface area (Å²) in [5.74, 6) is -4.01. The van der Waals surface area contributed by atoms with Crippen molar-refractivity contribution in [3.05, 3.63) is 70.9 Å². The highest BCUT2D eigenvalue weighted by Gasteiger charge is 2.18. The van der Waals surface area contributed by atoms with Crippen LogP contribution in [0.1, 0.15) is 26.4 Å². The minimum atomic E-state index is -1.05. The number of benzene rings is 2. The molecule has 144 valence electrons. The van der Waals surface area contributed by atoms with Gasteiger partial charge in [-0.1, -0.05) is 18.2 Å². The molecule has 0 aliphatic carbocycles. The Kier molecular flexibility index (Phi) is 5.49. The Balaban J connectivity index is 1.56. The molecule has 2 aromatic carbocycles. The zero-order valence-corrected chi connectivity index (χ0v) is 14.8. The number of fused-ring (bicyclic) bond motifs is 1. The van der Waals surface area contributed by atoms with Crippen LogP contribution in [0, 0.1) is 18.6 Å². The highest BCUT2D eigenvalue weighted by atomic mass is 19.1. The number of Topliss-reactive ketones (excluding diaryl/α,β-unsaturated/α-hetero) is 1. The molecule has 0 radical (unpaired) electrons. The number of aromatic amines is 1. The number of aryl methyl sites for hydroxylation is 1. The lowest BCUT2D eigenvalue weighted by Gasteiger charge is -2.07. The second kappa shape index (κ2) is 7.99. The Morgan fingerprint density at radius 3 is 2.61 bits per heavy atom. The summed E-state index contributed by atoms with van der Waals surface area (Å²) in [5, 5.41) is 2.89. The maximum Gasteiger partial charge on any atom is 0.325 e. The Morgan fingerprint density at radius 2 is 1.86 bits per heavy atom. The number of halogens is 2. The van der Waals surface area contributed by atoms with Crippen LogP contribution in [0.5, 0.6) is 0 Å². The van der Waals surface area contributed by atoms with E-state index in [0.717, 1.165) is 23.0 Å². The molecule has 0 saturated carbocycles. The average Bonchev–Trinajstić information content (AvgIpc) is 3.00. The lowest BCUT2D eigenvalue weighted by molar-refractivity contribution is -0.141. The third-order valence-electron chi connectivity index (χ3n) is 4.11. The minimum absolute atomic E-state index is 0.390. The number of carbonyl (C=O) groups excluding carboxylic acids is 3. The van der Waals surface area contributed by atoms with Crippen molar-refractivity contribution in [2.24, 2.45) is 0 Å². The first-order chi connectivity index (χ1) is 13.4. The number of hydrogen-bond acceptors (Lipinski definition) is 4. The van der Waals surface area contributed by atoms with E-state index in [-0.39, 0.29) is 5.78 Å². The number of amides is 1. The zero-order chi connectivity index (χ0) is 20.3. The number of ketones is 1. The van der Waals surface area contributed by atoms with Gasteiger partial charge in [0.05, 0.1) is 5.56 Å². The molecular formula is C20H16F2N2O4. The van der Waals surface area contributed by atoms with Crippen molar-refractivity contribution in [2.75, 3.05) is 13.2 Å². The standard InChI is InChI=1S/C20H16F2N2O4/c1-11-19(14-4-2-3-5-16(14)24-11)17(25)10-28-18(26)9-23-20(27)13-7-6-12(21)8-15(13)22/h2-8,24H,9-10H2,1H3,(H,23,27). The normalized spacial score (nSPS) is 10.7. The largest absolute Gasteiger partial charge is 0.456 e. The fourth-order valence-electron chi connectivity index (χ4n) is 2.83. The third kappa shape index (κ3) is 4.06. The monoisotopic (exact) mass is 386 g/mol. The summed E-state index contributed by atoms with van der Waals surface area (Å²) in [4.78, 5) is 39.1. The SMILES string of the molecule is Cc1[nH]c2ccccc2c1C(=O)COC(=O)CNC(=O)c1ccc(F)cc1F. The molecule has 2 N–H and O–H groups in total. The second-order valence-corrected chi connectivity index (χ2v) is 6.06. The molecular weight excluding hydrogens is 370 g/mol. The van der Waals surface area contributed by atoms with Crippen molar-refractivity contribution in [1.29, 1.82) is 0 Å². The van der Waals surface area contributed by atoms with Crippen molar-refractivity contribution in [3.63, 3.8) is 0 Å². The minimum Gasteiger partial charge on any atom is -0.456 e. The molecule has 3 aromatic rings. The summed E-state index contributed by atoms with van der Waals surface area (Å²) in [7, 11) is 0. The van der Waals surface area contributed by atoms with Gasteiger partial charge in [0.1, 0.15) is 18.2 Å². The molecule has 28 heavy (non-hydrogen) atoms. The highest BCUT2D eigenvalue weighted by molar-refractivity contribution is 6.10. The molecule has 0 unspecified atom stereocenters. The number of rotatable bonds is 6. The molecule has 8 heteroatoms. The molecule has 0 aliphatic rings. The van der Waals surface area contributed by atoms with E-state index in [1.807, 2.05) is 12.1 Å². The van der Waals surface area contributed by atoms with Crippen LogP contribution >= 0.6 is 0 Å². The Hall–Kier alpha value is -3.55. The number of para-hydroxylation sites is 1. The molecule has 0 saturated heterocycles. The molecule has 1 heterocycles. The van der Waals surface area contributed by atoms with E-state index in [4.69, 9.17) is 4.74 Å². The number of aromatic nitrogens is 1. The number of H-pyrrole nitrogens is 1. The van der Waals surface area contributed by atoms with E-state index >= 15 is 0 Å². The first-order valence-electron chi connectivity index (χ1n) is 8.36. The summed E-state index contributed by atoms with van der Waals surface area (Å²) in [6.45, 7) is 0.685. The zero-order valence-electron chi connectivity index (χ0n) is 14.8. The average molecular weight is 386 g/mol. The van der Waals surface area contributed by atoms with E-state index in [2.05, 4.69) is 10.3 Å². The smallest absolute Gasteiger partial charge is 0.325 e. The molecule has 1 amide bonds. The first-order valence-corrected chi connectivity index (χ1v) is 8.36. The predicted molar refractivity (Wildman–Crippen MR) is 97.0 cm³/mol. The summed E-state index contributed by atoms with van der Waals surface area (Å²) >= 11 is 0. The number of carbonyl (C=O) groups is 3. The van der Waals surface area contributed by atoms with Crippen LogP contribution in [-0.4, -0.2) is 35.8 Å². The maximum absolute atomic E-state index is 13.5. The van der Waals surface area contributed by atoms with Gasteiger partial charge in [0.2, 0.25) is 5.78 Å². The quantitative estimate of drug-likeness (QED) is 0.504. The van der Waals surface area contributed by atoms with Crippen LogP contribution in [0.15, 0.2) is 42.5 Å². The van der Waals surface area contributed by atoms with Gasteiger partial charge in [-0.2, -0.15) is 0 Å². The Morgan fingerprint density at radius 1 is 1.11 bits per heavy atom. The lowest BCUT2D eigenvalue weighted by atomic mass is 10.1. The van der Waals surface area contributed by atoms with Gasteiger partial charge in [0.15, 0.2) is 6.61 Å². The van der Waals surface area contributed by atoms with Gasteiger partial charge in [-0.25, -0.2) is 8.78 Å². The van der Waals surface area contributed by atoms with Gasteiger partial charge in [0, 0.05) is 28.2 Å². The third-order valence-corrected chi connectivity index (χ3v) is 4.11. The van der Waals surface area contributed by atoms with E-state index < -0.39 is 42.2 Å². The Labute approximate surface area is 158 Å². The summed E-state index contributed by atoms with van der Waals surface area (Å²) in [6, 6.07) is 9.70. The topological polar surface area (TPSA) is 88.3 Å². The highest BCUT2D eigenvalue weighted by Crippen LogP contribution is 2.22. The molecule has 0 bridgehead atoms. The van der Waals surface area contributed by atoms with Crippen LogP contribution in [0.4, 0.5) is 8.78 Å². The Bertz CT molecular complexity index is 1080. The van der Waals surface area contributed by atoms with Gasteiger partial charge in [-0.05, 0) is 25.1 Å². The van der Waals surface area contributed by atoms with E-state index in [1.165, 1.54) is 0 Å². The molecule has 0 aliphatic heterocycles. The van der Waals surface area contributed by atoms with Crippen molar-refractivity contribution >= 4 is 28.6 Å². The van der Waals surface area contributed by atoms with Gasteiger partial charge >= 0.3 is 5.97 Å². The van der Waals surface area contributed by atoms with Crippen molar-refractivity contribution < 1.29 is 27.9 Å². The lowest BCUT2D eigenvalue weighted by Crippen LogP contribution is -2.32. The number of nitrogens with one attached hydrogen (secondary N) is 2. The molecule has 0 spiro atoms. The van der Waals surface area contributed by atoms with E-state index in [1.54, 1.807) is 19.1 Å². The van der Waals surface area contributed by atoms with Crippen LogP contribution < -0.4 is 5.32 Å². The number of hydrogen-bond donors (Lipinski definition) is 2. The summed E-state index contributed by atoms with van der Waals surface area (Å²) in [6.07, 6.45) is 0. The van der Waals surface area contributed by atoms with Crippen molar-refractivity contribution in [3.8, 4) is 0 Å². The van der Waals surface area contributed by atoms with Gasteiger partial charge < -0.3 is 15.0 Å². The van der Waals surface area contributed by atoms with Gasteiger partial charge in [0.25, 0.3) is 5.91 Å². The summed E-state index contributed by atoms with van der Waals surface area (Å²) < 4.78 is 31.3. The second-order valence-electron chi connectivity index (χ2n) is 6.06. The van der Waals surface area contributed by atoms with E-state index in [9.17, 15) is 23.2 Å². The van der Waals surface area contributed by atoms with Gasteiger partial charge in [-0.15, -0.1) is 0 Å². The summed E-state index contributed by atoms with van der Waals surface area (Å²) in [5.41, 5.74) is 1.48. The molecule has 0 atom stereocenters. The maximum atomic E-state index is 13.5. The van der Waals surface area contributed by atoms with Crippen molar-refractivity contribution in [2.45, 2.75) is 6.92 Å². The number of ether oxygens (including phenoxy) is 1. The van der Waals surface area contributed by atoms with Crippen LogP contribution in [0.2, 0.25) is 0 Å². The molecule has 1 aromatic heterocycles.